The van der Waals surface area contributed by atoms with Gasteiger partial charge >= 0.3 is 5.97 Å². The normalized spacial score (nSPS) is 26.4. The van der Waals surface area contributed by atoms with Gasteiger partial charge in [-0.1, -0.05) is 49.6 Å². The van der Waals surface area contributed by atoms with Crippen LogP contribution in [0.1, 0.15) is 56.4 Å². The molecule has 0 spiro atoms. The third-order valence-corrected chi connectivity index (χ3v) is 5.41. The van der Waals surface area contributed by atoms with Crippen molar-refractivity contribution in [1.29, 1.82) is 0 Å². The molecule has 22 heavy (non-hydrogen) atoms. The third-order valence-electron chi connectivity index (χ3n) is 5.41. The number of ether oxygens (including phenoxy) is 1. The fourth-order valence-corrected chi connectivity index (χ4v) is 3.92. The van der Waals surface area contributed by atoms with Gasteiger partial charge in [0.15, 0.2) is 0 Å². The van der Waals surface area contributed by atoms with Crippen molar-refractivity contribution < 1.29 is 9.53 Å². The SMILES string of the molecule is COC(=O)CC1(NCC2CC2c2ccccc2)CCCCC1. The van der Waals surface area contributed by atoms with Crippen LogP contribution in [-0.2, 0) is 9.53 Å². The molecule has 3 nitrogen and oxygen atoms in total. The lowest BCUT2D eigenvalue weighted by molar-refractivity contribution is -0.142. The summed E-state index contributed by atoms with van der Waals surface area (Å²) in [6.45, 7) is 1.02. The van der Waals surface area contributed by atoms with E-state index >= 15 is 0 Å². The minimum Gasteiger partial charge on any atom is -0.469 e. The topological polar surface area (TPSA) is 38.3 Å². The summed E-state index contributed by atoms with van der Waals surface area (Å²) in [5.41, 5.74) is 1.44. The molecule has 0 aliphatic heterocycles. The Balaban J connectivity index is 1.55. The maximum absolute atomic E-state index is 11.8. The molecule has 2 atom stereocenters. The van der Waals surface area contributed by atoms with E-state index < -0.39 is 0 Å². The summed E-state index contributed by atoms with van der Waals surface area (Å²) in [6, 6.07) is 10.8. The summed E-state index contributed by atoms with van der Waals surface area (Å²) >= 11 is 0. The molecule has 3 heteroatoms. The average molecular weight is 301 g/mol. The van der Waals surface area contributed by atoms with Crippen molar-refractivity contribution in [1.82, 2.24) is 5.32 Å². The lowest BCUT2D eigenvalue weighted by Crippen LogP contribution is -2.49. The Morgan fingerprint density at radius 2 is 1.95 bits per heavy atom. The van der Waals surface area contributed by atoms with E-state index in [0.29, 0.717) is 12.3 Å². The fraction of sp³-hybridized carbons (Fsp3) is 0.632. The van der Waals surface area contributed by atoms with E-state index in [0.717, 1.165) is 25.3 Å². The third kappa shape index (κ3) is 3.70. The monoisotopic (exact) mass is 301 g/mol. The Hall–Kier alpha value is -1.35. The van der Waals surface area contributed by atoms with Crippen LogP contribution in [0.15, 0.2) is 30.3 Å². The van der Waals surface area contributed by atoms with E-state index in [1.165, 1.54) is 38.4 Å². The summed E-state index contributed by atoms with van der Waals surface area (Å²) in [4.78, 5) is 11.8. The van der Waals surface area contributed by atoms with Crippen molar-refractivity contribution in [2.24, 2.45) is 5.92 Å². The molecular formula is C19H27NO2. The quantitative estimate of drug-likeness (QED) is 0.815. The molecule has 0 bridgehead atoms. The summed E-state index contributed by atoms with van der Waals surface area (Å²) in [7, 11) is 1.49. The number of nitrogens with one attached hydrogen (secondary N) is 1. The van der Waals surface area contributed by atoms with Crippen LogP contribution in [0.3, 0.4) is 0 Å². The molecule has 2 fully saturated rings. The van der Waals surface area contributed by atoms with Crippen LogP contribution in [0.25, 0.3) is 0 Å². The number of carbonyl (C=O) groups is 1. The van der Waals surface area contributed by atoms with Crippen molar-refractivity contribution in [2.75, 3.05) is 13.7 Å². The number of carbonyl (C=O) groups excluding carboxylic acids is 1. The minimum atomic E-state index is -0.0789. The Labute approximate surface area is 133 Å². The van der Waals surface area contributed by atoms with Crippen molar-refractivity contribution in [3.63, 3.8) is 0 Å². The van der Waals surface area contributed by atoms with Crippen LogP contribution >= 0.6 is 0 Å². The van der Waals surface area contributed by atoms with Gasteiger partial charge in [0.2, 0.25) is 0 Å². The average Bonchev–Trinajstić information content (AvgIpc) is 3.34. The molecule has 2 aliphatic rings. The van der Waals surface area contributed by atoms with Gasteiger partial charge in [0, 0.05) is 5.54 Å². The first kappa shape index (κ1) is 15.5. The zero-order valence-corrected chi connectivity index (χ0v) is 13.5. The van der Waals surface area contributed by atoms with Gasteiger partial charge in [-0.3, -0.25) is 4.79 Å². The highest BCUT2D eigenvalue weighted by molar-refractivity contribution is 5.70. The molecule has 2 unspecified atom stereocenters. The van der Waals surface area contributed by atoms with Gasteiger partial charge < -0.3 is 10.1 Å². The van der Waals surface area contributed by atoms with Crippen LogP contribution in [0, 0.1) is 5.92 Å². The van der Waals surface area contributed by atoms with Crippen LogP contribution < -0.4 is 5.32 Å². The van der Waals surface area contributed by atoms with E-state index in [9.17, 15) is 4.79 Å². The summed E-state index contributed by atoms with van der Waals surface area (Å²) in [5.74, 6) is 1.34. The van der Waals surface area contributed by atoms with Crippen molar-refractivity contribution in [3.8, 4) is 0 Å². The van der Waals surface area contributed by atoms with Gasteiger partial charge in [-0.15, -0.1) is 0 Å². The second-order valence-corrected chi connectivity index (χ2v) is 6.99. The van der Waals surface area contributed by atoms with Crippen molar-refractivity contribution in [2.45, 2.75) is 56.4 Å². The number of methoxy groups -OCH3 is 1. The standard InChI is InChI=1S/C19H27NO2/c1-22-18(21)13-19(10-6-3-7-11-19)20-14-16-12-17(16)15-8-4-2-5-9-15/h2,4-5,8-9,16-17,20H,3,6-7,10-14H2,1H3. The Bertz CT molecular complexity index is 493. The number of hydrogen-bond donors (Lipinski definition) is 1. The van der Waals surface area contributed by atoms with Gasteiger partial charge in [0.05, 0.1) is 13.5 Å². The first-order chi connectivity index (χ1) is 10.7. The lowest BCUT2D eigenvalue weighted by Gasteiger charge is -2.37. The molecular weight excluding hydrogens is 274 g/mol. The zero-order chi connectivity index (χ0) is 15.4. The number of benzene rings is 1. The first-order valence-corrected chi connectivity index (χ1v) is 8.59. The zero-order valence-electron chi connectivity index (χ0n) is 13.5. The molecule has 0 aromatic heterocycles. The molecule has 0 amide bonds. The number of esters is 1. The van der Waals surface area contributed by atoms with Crippen LogP contribution in [-0.4, -0.2) is 25.2 Å². The second kappa shape index (κ2) is 6.82. The highest BCUT2D eigenvalue weighted by Gasteiger charge is 2.41. The van der Waals surface area contributed by atoms with E-state index in [-0.39, 0.29) is 11.5 Å². The summed E-state index contributed by atoms with van der Waals surface area (Å²) < 4.78 is 4.91. The van der Waals surface area contributed by atoms with E-state index in [1.807, 2.05) is 0 Å². The Morgan fingerprint density at radius 3 is 2.64 bits per heavy atom. The molecule has 1 aromatic carbocycles. The van der Waals surface area contributed by atoms with E-state index in [1.54, 1.807) is 0 Å². The molecule has 0 heterocycles. The molecule has 120 valence electrons. The van der Waals surface area contributed by atoms with Gasteiger partial charge in [0.1, 0.15) is 0 Å². The molecule has 2 aliphatic carbocycles. The molecule has 1 aromatic rings. The molecule has 1 N–H and O–H groups in total. The van der Waals surface area contributed by atoms with Crippen LogP contribution in [0.5, 0.6) is 0 Å². The van der Waals surface area contributed by atoms with Crippen molar-refractivity contribution in [3.05, 3.63) is 35.9 Å². The smallest absolute Gasteiger partial charge is 0.307 e. The van der Waals surface area contributed by atoms with E-state index in [2.05, 4.69) is 35.6 Å². The number of rotatable bonds is 6. The molecule has 2 saturated carbocycles. The highest BCUT2D eigenvalue weighted by Crippen LogP contribution is 2.47. The van der Waals surface area contributed by atoms with Gasteiger partial charge in [0.25, 0.3) is 0 Å². The van der Waals surface area contributed by atoms with Gasteiger partial charge in [-0.2, -0.15) is 0 Å². The maximum Gasteiger partial charge on any atom is 0.307 e. The van der Waals surface area contributed by atoms with Gasteiger partial charge in [-0.05, 0) is 43.2 Å². The highest BCUT2D eigenvalue weighted by atomic mass is 16.5. The molecule has 3 rings (SSSR count). The predicted octanol–water partition coefficient (Wildman–Crippen LogP) is 3.65. The van der Waals surface area contributed by atoms with E-state index in [4.69, 9.17) is 4.74 Å². The predicted molar refractivity (Wildman–Crippen MR) is 87.7 cm³/mol. The minimum absolute atomic E-state index is 0.0187. The van der Waals surface area contributed by atoms with Gasteiger partial charge in [-0.25, -0.2) is 0 Å². The number of hydrogen-bond acceptors (Lipinski definition) is 3. The largest absolute Gasteiger partial charge is 0.469 e. The van der Waals surface area contributed by atoms with Crippen LogP contribution in [0.4, 0.5) is 0 Å². The molecule has 0 radical (unpaired) electrons. The first-order valence-electron chi connectivity index (χ1n) is 8.59. The van der Waals surface area contributed by atoms with Crippen LogP contribution in [0.2, 0.25) is 0 Å². The van der Waals surface area contributed by atoms with Crippen molar-refractivity contribution >= 4 is 5.97 Å². The molecule has 0 saturated heterocycles. The Kier molecular flexibility index (Phi) is 4.82. The second-order valence-electron chi connectivity index (χ2n) is 6.99. The Morgan fingerprint density at radius 1 is 1.23 bits per heavy atom. The maximum atomic E-state index is 11.8. The summed E-state index contributed by atoms with van der Waals surface area (Å²) in [5, 5.41) is 3.76. The summed E-state index contributed by atoms with van der Waals surface area (Å²) in [6.07, 6.45) is 7.72. The lowest BCUT2D eigenvalue weighted by atomic mass is 9.79. The fourth-order valence-electron chi connectivity index (χ4n) is 3.92.